The Morgan fingerprint density at radius 1 is 0.763 bits per heavy atom. The summed E-state index contributed by atoms with van der Waals surface area (Å²) in [6.07, 6.45) is -1.55. The zero-order valence-corrected chi connectivity index (χ0v) is 21.2. The Kier molecular flexibility index (Phi) is 9.48. The minimum atomic E-state index is -1.55. The van der Waals surface area contributed by atoms with Gasteiger partial charge < -0.3 is 25.2 Å². The number of amides is 2. The highest BCUT2D eigenvalue weighted by Gasteiger charge is 2.27. The van der Waals surface area contributed by atoms with E-state index in [2.05, 4.69) is 10.6 Å². The Morgan fingerprint density at radius 2 is 1.37 bits per heavy atom. The number of nitrogens with one attached hydrogen (secondary N) is 2. The Bertz CT molecular complexity index is 1330. The Balaban J connectivity index is 1.42. The highest BCUT2D eigenvalue weighted by Crippen LogP contribution is 2.24. The minimum absolute atomic E-state index is 0.114. The van der Waals surface area contributed by atoms with Gasteiger partial charge in [0.1, 0.15) is 17.5 Å². The van der Waals surface area contributed by atoms with Gasteiger partial charge in [-0.15, -0.1) is 0 Å². The van der Waals surface area contributed by atoms with Gasteiger partial charge in [-0.25, -0.2) is 0 Å². The summed E-state index contributed by atoms with van der Waals surface area (Å²) in [7, 11) is 0. The average Bonchev–Trinajstić information content (AvgIpc) is 2.94. The van der Waals surface area contributed by atoms with Crippen LogP contribution in [-0.4, -0.2) is 29.6 Å². The Morgan fingerprint density at radius 3 is 2.05 bits per heavy atom. The van der Waals surface area contributed by atoms with Crippen molar-refractivity contribution < 1.29 is 24.2 Å². The van der Waals surface area contributed by atoms with Gasteiger partial charge in [-0.3, -0.25) is 9.59 Å². The maximum absolute atomic E-state index is 13.1. The first-order valence-electron chi connectivity index (χ1n) is 12.0. The summed E-state index contributed by atoms with van der Waals surface area (Å²) in [5, 5.41) is 16.2. The largest absolute Gasteiger partial charge is 0.457 e. The van der Waals surface area contributed by atoms with Crippen LogP contribution in [0.1, 0.15) is 17.2 Å². The standard InChI is InChI=1S/C30H27ClN2O5/c31-26-14-8-7-13-25(26)28(34)30(36)33-27(20-37-19-21-9-3-1-4-10-21)29(35)32-22-15-17-24(18-16-22)38-23-11-5-2-6-12-23/h1-18,27-28,34H,19-20H2,(H,32,35)(H,33,36)/t27?,28-/m1/s1. The fourth-order valence-corrected chi connectivity index (χ4v) is 3.84. The van der Waals surface area contributed by atoms with E-state index in [1.807, 2.05) is 60.7 Å². The number of halogens is 1. The van der Waals surface area contributed by atoms with Crippen molar-refractivity contribution in [3.8, 4) is 11.5 Å². The first-order valence-corrected chi connectivity index (χ1v) is 12.4. The van der Waals surface area contributed by atoms with Crippen molar-refractivity contribution in [2.24, 2.45) is 0 Å². The molecule has 0 aliphatic carbocycles. The van der Waals surface area contributed by atoms with E-state index in [-0.39, 0.29) is 23.8 Å². The predicted octanol–water partition coefficient (Wildman–Crippen LogP) is 5.51. The summed E-state index contributed by atoms with van der Waals surface area (Å²) < 4.78 is 11.5. The molecule has 4 aromatic carbocycles. The molecule has 38 heavy (non-hydrogen) atoms. The topological polar surface area (TPSA) is 96.9 Å². The molecule has 1 unspecified atom stereocenters. The van der Waals surface area contributed by atoms with E-state index in [1.165, 1.54) is 0 Å². The van der Waals surface area contributed by atoms with Crippen LogP contribution in [0.2, 0.25) is 5.02 Å². The van der Waals surface area contributed by atoms with Crippen LogP contribution in [-0.2, 0) is 20.9 Å². The molecule has 3 N–H and O–H groups in total. The molecule has 8 heteroatoms. The third kappa shape index (κ3) is 7.66. The highest BCUT2D eigenvalue weighted by molar-refractivity contribution is 6.31. The molecule has 2 amide bonds. The number of carbonyl (C=O) groups is 2. The second kappa shape index (κ2) is 13.4. The van der Waals surface area contributed by atoms with Crippen LogP contribution in [0.4, 0.5) is 5.69 Å². The Labute approximate surface area is 226 Å². The van der Waals surface area contributed by atoms with Gasteiger partial charge in [0.2, 0.25) is 5.91 Å². The summed E-state index contributed by atoms with van der Waals surface area (Å²) >= 11 is 6.13. The summed E-state index contributed by atoms with van der Waals surface area (Å²) in [4.78, 5) is 26.0. The molecule has 0 aromatic heterocycles. The van der Waals surface area contributed by atoms with Crippen LogP contribution in [0.25, 0.3) is 0 Å². The van der Waals surface area contributed by atoms with Crippen molar-refractivity contribution in [2.75, 3.05) is 11.9 Å². The molecule has 0 aliphatic heterocycles. The molecule has 0 bridgehead atoms. The molecule has 194 valence electrons. The first-order chi connectivity index (χ1) is 18.5. The predicted molar refractivity (Wildman–Crippen MR) is 146 cm³/mol. The average molecular weight is 531 g/mol. The third-order valence-electron chi connectivity index (χ3n) is 5.58. The van der Waals surface area contributed by atoms with Crippen LogP contribution in [0.3, 0.4) is 0 Å². The molecule has 0 fully saturated rings. The summed E-state index contributed by atoms with van der Waals surface area (Å²) in [6, 6.07) is 31.0. The zero-order chi connectivity index (χ0) is 26.7. The van der Waals surface area contributed by atoms with Crippen LogP contribution < -0.4 is 15.4 Å². The fourth-order valence-electron chi connectivity index (χ4n) is 3.60. The molecule has 0 aliphatic rings. The van der Waals surface area contributed by atoms with Crippen LogP contribution in [0.5, 0.6) is 11.5 Å². The van der Waals surface area contributed by atoms with Crippen molar-refractivity contribution in [3.63, 3.8) is 0 Å². The van der Waals surface area contributed by atoms with Crippen molar-refractivity contribution >= 4 is 29.1 Å². The molecule has 0 spiro atoms. The van der Waals surface area contributed by atoms with Gasteiger partial charge in [0, 0.05) is 16.3 Å². The lowest BCUT2D eigenvalue weighted by Gasteiger charge is -2.21. The number of hydrogen-bond acceptors (Lipinski definition) is 5. The quantitative estimate of drug-likeness (QED) is 0.238. The van der Waals surface area contributed by atoms with Gasteiger partial charge in [0.25, 0.3) is 5.91 Å². The number of anilines is 1. The molecule has 4 rings (SSSR count). The molecule has 4 aromatic rings. The molecule has 2 atom stereocenters. The van der Waals surface area contributed by atoms with Crippen molar-refractivity contribution in [1.29, 1.82) is 0 Å². The summed E-state index contributed by atoms with van der Waals surface area (Å²) in [5.41, 5.74) is 1.66. The van der Waals surface area contributed by atoms with E-state index in [0.29, 0.717) is 17.2 Å². The summed E-state index contributed by atoms with van der Waals surface area (Å²) in [5.74, 6) is 0.0236. The number of aliphatic hydroxyl groups is 1. The molecule has 0 radical (unpaired) electrons. The van der Waals surface area contributed by atoms with E-state index in [4.69, 9.17) is 21.1 Å². The SMILES string of the molecule is O=C(Nc1ccc(Oc2ccccc2)cc1)C(COCc1ccccc1)NC(=O)[C@H](O)c1ccccc1Cl. The number of aliphatic hydroxyl groups excluding tert-OH is 1. The van der Waals surface area contributed by atoms with Crippen molar-refractivity contribution in [2.45, 2.75) is 18.8 Å². The lowest BCUT2D eigenvalue weighted by molar-refractivity contribution is -0.134. The lowest BCUT2D eigenvalue weighted by Crippen LogP contribution is -2.48. The maximum atomic E-state index is 13.1. The number of para-hydroxylation sites is 1. The zero-order valence-electron chi connectivity index (χ0n) is 20.4. The van der Waals surface area contributed by atoms with Gasteiger partial charge in [0.05, 0.1) is 13.2 Å². The lowest BCUT2D eigenvalue weighted by atomic mass is 10.1. The van der Waals surface area contributed by atoms with Gasteiger partial charge in [0.15, 0.2) is 6.10 Å². The highest BCUT2D eigenvalue weighted by atomic mass is 35.5. The van der Waals surface area contributed by atoms with Crippen molar-refractivity contribution in [1.82, 2.24) is 5.32 Å². The monoisotopic (exact) mass is 530 g/mol. The normalized spacial score (nSPS) is 12.3. The third-order valence-corrected chi connectivity index (χ3v) is 5.92. The van der Waals surface area contributed by atoms with E-state index in [9.17, 15) is 14.7 Å². The second-order valence-corrected chi connectivity index (χ2v) is 8.82. The molecular weight excluding hydrogens is 504 g/mol. The van der Waals surface area contributed by atoms with Gasteiger partial charge in [-0.05, 0) is 48.0 Å². The minimum Gasteiger partial charge on any atom is -0.457 e. The van der Waals surface area contributed by atoms with Gasteiger partial charge in [-0.2, -0.15) is 0 Å². The van der Waals surface area contributed by atoms with Gasteiger partial charge >= 0.3 is 0 Å². The van der Waals surface area contributed by atoms with Gasteiger partial charge in [-0.1, -0.05) is 78.3 Å². The molecular formula is C30H27ClN2O5. The molecule has 0 saturated carbocycles. The number of carbonyl (C=O) groups excluding carboxylic acids is 2. The number of hydrogen-bond donors (Lipinski definition) is 3. The smallest absolute Gasteiger partial charge is 0.254 e. The van der Waals surface area contributed by atoms with E-state index < -0.39 is 24.0 Å². The molecule has 0 saturated heterocycles. The molecule has 0 heterocycles. The van der Waals surface area contributed by atoms with Crippen molar-refractivity contribution in [3.05, 3.63) is 125 Å². The number of benzene rings is 4. The Hall–Kier alpha value is -4.17. The first kappa shape index (κ1) is 26.9. The number of rotatable bonds is 11. The summed E-state index contributed by atoms with van der Waals surface area (Å²) in [6.45, 7) is 0.135. The second-order valence-electron chi connectivity index (χ2n) is 8.41. The van der Waals surface area contributed by atoms with E-state index >= 15 is 0 Å². The van der Waals surface area contributed by atoms with E-state index in [1.54, 1.807) is 48.5 Å². The van der Waals surface area contributed by atoms with Crippen LogP contribution in [0, 0.1) is 0 Å². The van der Waals surface area contributed by atoms with E-state index in [0.717, 1.165) is 5.56 Å². The fraction of sp³-hybridized carbons (Fsp3) is 0.133. The van der Waals surface area contributed by atoms with Crippen LogP contribution in [0.15, 0.2) is 109 Å². The maximum Gasteiger partial charge on any atom is 0.254 e. The number of ether oxygens (including phenoxy) is 2. The van der Waals surface area contributed by atoms with Crippen LogP contribution >= 0.6 is 11.6 Å². The molecule has 7 nitrogen and oxygen atoms in total.